The van der Waals surface area contributed by atoms with Crippen LogP contribution in [0.1, 0.15) is 23.0 Å². The van der Waals surface area contributed by atoms with Crippen molar-refractivity contribution in [3.05, 3.63) is 27.9 Å². The molecule has 0 bridgehead atoms. The number of nitrogens with zero attached hydrogens (tertiary/aromatic N) is 1. The SMILES string of the molecule is CCOC(=O)c1[nH]nc2c(Br)cc(C)cc12. The van der Waals surface area contributed by atoms with E-state index in [0.717, 1.165) is 20.9 Å². The number of benzene rings is 1. The zero-order chi connectivity index (χ0) is 11.7. The molecule has 1 aromatic carbocycles. The van der Waals surface area contributed by atoms with E-state index in [9.17, 15) is 4.79 Å². The maximum absolute atomic E-state index is 11.6. The minimum absolute atomic E-state index is 0.354. The van der Waals surface area contributed by atoms with Gasteiger partial charge in [-0.15, -0.1) is 0 Å². The van der Waals surface area contributed by atoms with Gasteiger partial charge in [-0.3, -0.25) is 5.10 Å². The zero-order valence-electron chi connectivity index (χ0n) is 9.00. The first-order valence-electron chi connectivity index (χ1n) is 4.94. The second-order valence-corrected chi connectivity index (χ2v) is 4.32. The molecule has 0 radical (unpaired) electrons. The summed E-state index contributed by atoms with van der Waals surface area (Å²) in [6.07, 6.45) is 0. The molecule has 0 saturated heterocycles. The number of hydrogen-bond acceptors (Lipinski definition) is 3. The van der Waals surface area contributed by atoms with E-state index in [-0.39, 0.29) is 5.97 Å². The lowest BCUT2D eigenvalue weighted by atomic mass is 10.1. The minimum atomic E-state index is -0.373. The summed E-state index contributed by atoms with van der Waals surface area (Å²) in [6.45, 7) is 4.09. The topological polar surface area (TPSA) is 55.0 Å². The Labute approximate surface area is 101 Å². The molecular weight excluding hydrogens is 272 g/mol. The molecule has 0 saturated carbocycles. The van der Waals surface area contributed by atoms with Crippen molar-refractivity contribution in [1.82, 2.24) is 10.2 Å². The van der Waals surface area contributed by atoms with Crippen molar-refractivity contribution in [3.63, 3.8) is 0 Å². The highest BCUT2D eigenvalue weighted by Gasteiger charge is 2.16. The number of aromatic nitrogens is 2. The summed E-state index contributed by atoms with van der Waals surface area (Å²) in [7, 11) is 0. The van der Waals surface area contributed by atoms with Gasteiger partial charge < -0.3 is 4.74 Å². The summed E-state index contributed by atoms with van der Waals surface area (Å²) >= 11 is 3.41. The number of nitrogens with one attached hydrogen (secondary N) is 1. The molecule has 0 fully saturated rings. The summed E-state index contributed by atoms with van der Waals surface area (Å²) in [4.78, 5) is 11.6. The van der Waals surface area contributed by atoms with Crippen LogP contribution < -0.4 is 0 Å². The number of aryl methyl sites for hydroxylation is 1. The van der Waals surface area contributed by atoms with Crippen LogP contribution in [-0.2, 0) is 4.74 Å². The number of rotatable bonds is 2. The molecule has 4 nitrogen and oxygen atoms in total. The summed E-state index contributed by atoms with van der Waals surface area (Å²) in [6, 6.07) is 3.87. The van der Waals surface area contributed by atoms with Crippen LogP contribution >= 0.6 is 15.9 Å². The van der Waals surface area contributed by atoms with Crippen LogP contribution in [0.15, 0.2) is 16.6 Å². The molecule has 0 aliphatic heterocycles. The lowest BCUT2D eigenvalue weighted by molar-refractivity contribution is 0.0521. The second kappa shape index (κ2) is 4.25. The number of esters is 1. The van der Waals surface area contributed by atoms with Crippen LogP contribution in [0.4, 0.5) is 0 Å². The third-order valence-corrected chi connectivity index (χ3v) is 2.84. The Kier molecular flexibility index (Phi) is 2.96. The second-order valence-electron chi connectivity index (χ2n) is 3.46. The summed E-state index contributed by atoms with van der Waals surface area (Å²) < 4.78 is 5.82. The van der Waals surface area contributed by atoms with E-state index in [4.69, 9.17) is 4.74 Å². The third kappa shape index (κ3) is 1.82. The number of carbonyl (C=O) groups is 1. The molecule has 0 amide bonds. The lowest BCUT2D eigenvalue weighted by Gasteiger charge is -2.00. The molecule has 5 heteroatoms. The van der Waals surface area contributed by atoms with Crippen molar-refractivity contribution in [2.75, 3.05) is 6.61 Å². The van der Waals surface area contributed by atoms with E-state index < -0.39 is 0 Å². The van der Waals surface area contributed by atoms with Crippen molar-refractivity contribution in [1.29, 1.82) is 0 Å². The minimum Gasteiger partial charge on any atom is -0.461 e. The lowest BCUT2D eigenvalue weighted by Crippen LogP contribution is -2.05. The van der Waals surface area contributed by atoms with Gasteiger partial charge in [0.25, 0.3) is 0 Å². The van der Waals surface area contributed by atoms with Crippen molar-refractivity contribution < 1.29 is 9.53 Å². The standard InChI is InChI=1S/C11H11BrN2O2/c1-3-16-11(15)10-7-4-6(2)5-8(12)9(7)13-14-10/h4-5H,3H2,1-2H3,(H,13,14). The fraction of sp³-hybridized carbons (Fsp3) is 0.273. The van der Waals surface area contributed by atoms with Gasteiger partial charge in [-0.2, -0.15) is 5.10 Å². The number of fused-ring (bicyclic) bond motifs is 1. The highest BCUT2D eigenvalue weighted by molar-refractivity contribution is 9.10. The first kappa shape index (κ1) is 11.1. The van der Waals surface area contributed by atoms with E-state index in [0.29, 0.717) is 12.3 Å². The fourth-order valence-corrected chi connectivity index (χ4v) is 2.23. The maximum atomic E-state index is 11.6. The number of H-pyrrole nitrogens is 1. The molecule has 16 heavy (non-hydrogen) atoms. The van der Waals surface area contributed by atoms with Gasteiger partial charge in [-0.25, -0.2) is 4.79 Å². The average molecular weight is 283 g/mol. The summed E-state index contributed by atoms with van der Waals surface area (Å²) in [5, 5.41) is 7.58. The molecule has 0 aliphatic rings. The van der Waals surface area contributed by atoms with E-state index in [1.54, 1.807) is 6.92 Å². The number of aromatic amines is 1. The molecule has 1 N–H and O–H groups in total. The normalized spacial score (nSPS) is 10.7. The number of ether oxygens (including phenoxy) is 1. The van der Waals surface area contributed by atoms with Crippen molar-refractivity contribution >= 4 is 32.8 Å². The van der Waals surface area contributed by atoms with Gasteiger partial charge in [0, 0.05) is 9.86 Å². The van der Waals surface area contributed by atoms with Gasteiger partial charge in [0.05, 0.1) is 6.61 Å². The summed E-state index contributed by atoms with van der Waals surface area (Å²) in [5.74, 6) is -0.373. The molecule has 0 spiro atoms. The van der Waals surface area contributed by atoms with Gasteiger partial charge in [0.2, 0.25) is 0 Å². The van der Waals surface area contributed by atoms with Crippen molar-refractivity contribution in [3.8, 4) is 0 Å². The van der Waals surface area contributed by atoms with Crippen LogP contribution in [0.3, 0.4) is 0 Å². The van der Waals surface area contributed by atoms with Gasteiger partial charge in [-0.05, 0) is 47.5 Å². The van der Waals surface area contributed by atoms with Crippen LogP contribution in [-0.4, -0.2) is 22.8 Å². The number of hydrogen-bond donors (Lipinski definition) is 1. The number of halogens is 1. The molecule has 84 valence electrons. The third-order valence-electron chi connectivity index (χ3n) is 2.24. The Morgan fingerprint density at radius 1 is 1.56 bits per heavy atom. The van der Waals surface area contributed by atoms with Crippen LogP contribution in [0, 0.1) is 6.92 Å². The summed E-state index contributed by atoms with van der Waals surface area (Å²) in [5.41, 5.74) is 2.21. The van der Waals surface area contributed by atoms with Gasteiger partial charge >= 0.3 is 5.97 Å². The monoisotopic (exact) mass is 282 g/mol. The molecule has 2 aromatic rings. The Hall–Kier alpha value is -1.36. The van der Waals surface area contributed by atoms with E-state index in [1.807, 2.05) is 19.1 Å². The first-order chi connectivity index (χ1) is 7.63. The van der Waals surface area contributed by atoms with Crippen LogP contribution in [0.2, 0.25) is 0 Å². The van der Waals surface area contributed by atoms with Crippen LogP contribution in [0.5, 0.6) is 0 Å². The Balaban J connectivity index is 2.60. The Morgan fingerprint density at radius 2 is 2.31 bits per heavy atom. The Morgan fingerprint density at radius 3 is 3.00 bits per heavy atom. The quantitative estimate of drug-likeness (QED) is 0.862. The van der Waals surface area contributed by atoms with Crippen molar-refractivity contribution in [2.24, 2.45) is 0 Å². The number of carbonyl (C=O) groups excluding carboxylic acids is 1. The molecule has 0 unspecified atom stereocenters. The van der Waals surface area contributed by atoms with E-state index in [1.165, 1.54) is 0 Å². The molecule has 2 rings (SSSR count). The molecular formula is C11H11BrN2O2. The van der Waals surface area contributed by atoms with Gasteiger partial charge in [0.15, 0.2) is 5.69 Å². The van der Waals surface area contributed by atoms with Crippen LogP contribution in [0.25, 0.3) is 10.9 Å². The van der Waals surface area contributed by atoms with Crippen molar-refractivity contribution in [2.45, 2.75) is 13.8 Å². The maximum Gasteiger partial charge on any atom is 0.356 e. The predicted octanol–water partition coefficient (Wildman–Crippen LogP) is 2.81. The molecule has 0 atom stereocenters. The molecule has 1 heterocycles. The van der Waals surface area contributed by atoms with E-state index >= 15 is 0 Å². The highest BCUT2D eigenvalue weighted by Crippen LogP contribution is 2.26. The molecule has 1 aromatic heterocycles. The average Bonchev–Trinajstić information content (AvgIpc) is 2.61. The largest absolute Gasteiger partial charge is 0.461 e. The molecule has 0 aliphatic carbocycles. The predicted molar refractivity (Wildman–Crippen MR) is 64.5 cm³/mol. The van der Waals surface area contributed by atoms with Gasteiger partial charge in [-0.1, -0.05) is 0 Å². The zero-order valence-corrected chi connectivity index (χ0v) is 10.6. The van der Waals surface area contributed by atoms with Gasteiger partial charge in [0.1, 0.15) is 5.52 Å². The van der Waals surface area contributed by atoms with E-state index in [2.05, 4.69) is 26.1 Å². The first-order valence-corrected chi connectivity index (χ1v) is 5.74. The smallest absolute Gasteiger partial charge is 0.356 e. The fourth-order valence-electron chi connectivity index (χ4n) is 1.57. The Bertz CT molecular complexity index is 548. The highest BCUT2D eigenvalue weighted by atomic mass is 79.9.